The molecule has 0 spiro atoms. The number of nitrogens with zero attached hydrogens (tertiary/aromatic N) is 2. The molecule has 1 heterocycles. The van der Waals surface area contributed by atoms with Crippen molar-refractivity contribution in [3.8, 4) is 11.9 Å². The van der Waals surface area contributed by atoms with Crippen LogP contribution in [0.1, 0.15) is 5.56 Å². The summed E-state index contributed by atoms with van der Waals surface area (Å²) in [5, 5.41) is 12.7. The number of hydrogen-bond acceptors (Lipinski definition) is 5. The molecule has 0 aliphatic rings. The number of nitrogens with two attached hydrogens (primary N) is 1. The second kappa shape index (κ2) is 5.48. The molecular formula is C10H9ClFN3O2. The zero-order chi connectivity index (χ0) is 11.5. The highest BCUT2D eigenvalue weighted by Crippen LogP contribution is 2.29. The van der Waals surface area contributed by atoms with E-state index in [0.29, 0.717) is 12.1 Å². The van der Waals surface area contributed by atoms with E-state index in [0.717, 1.165) is 6.07 Å². The predicted molar refractivity (Wildman–Crippen MR) is 60.5 cm³/mol. The van der Waals surface area contributed by atoms with Crippen LogP contribution in [-0.4, -0.2) is 18.3 Å². The first-order valence-electron chi connectivity index (χ1n) is 4.58. The van der Waals surface area contributed by atoms with Crippen LogP contribution in [0.4, 0.5) is 4.39 Å². The summed E-state index contributed by atoms with van der Waals surface area (Å²) in [5.74, 6) is -0.535. The number of rotatable bonds is 3. The molecule has 2 aromatic rings. The number of ether oxygens (including phenoxy) is 1. The Bertz CT molecular complexity index is 564. The van der Waals surface area contributed by atoms with Gasteiger partial charge in [-0.15, -0.1) is 12.4 Å². The molecule has 0 saturated carbocycles. The molecule has 0 amide bonds. The summed E-state index contributed by atoms with van der Waals surface area (Å²) in [7, 11) is 0. The molecule has 17 heavy (non-hydrogen) atoms. The SMILES string of the molecule is Cl.N#Cc1c(F)ccc2onc(OCCN)c12. The number of fused-ring (bicyclic) bond motifs is 1. The first-order chi connectivity index (χ1) is 7.77. The van der Waals surface area contributed by atoms with Crippen molar-refractivity contribution in [3.63, 3.8) is 0 Å². The monoisotopic (exact) mass is 257 g/mol. The van der Waals surface area contributed by atoms with Crippen molar-refractivity contribution >= 4 is 23.4 Å². The molecule has 1 aromatic heterocycles. The van der Waals surface area contributed by atoms with E-state index in [9.17, 15) is 4.39 Å². The van der Waals surface area contributed by atoms with Gasteiger partial charge in [0.2, 0.25) is 0 Å². The van der Waals surface area contributed by atoms with Gasteiger partial charge in [0, 0.05) is 6.54 Å². The molecule has 7 heteroatoms. The van der Waals surface area contributed by atoms with E-state index >= 15 is 0 Å². The summed E-state index contributed by atoms with van der Waals surface area (Å²) in [6.07, 6.45) is 0. The maximum absolute atomic E-state index is 13.3. The Balaban J connectivity index is 0.00000144. The number of nitriles is 1. The largest absolute Gasteiger partial charge is 0.474 e. The lowest BCUT2D eigenvalue weighted by Gasteiger charge is -2.00. The van der Waals surface area contributed by atoms with Crippen LogP contribution in [0.5, 0.6) is 5.88 Å². The van der Waals surface area contributed by atoms with Crippen LogP contribution in [0.3, 0.4) is 0 Å². The average Bonchev–Trinajstić information content (AvgIpc) is 2.70. The number of aromatic nitrogens is 1. The molecule has 0 aliphatic carbocycles. The smallest absolute Gasteiger partial charge is 0.263 e. The summed E-state index contributed by atoms with van der Waals surface area (Å²) in [4.78, 5) is 0. The summed E-state index contributed by atoms with van der Waals surface area (Å²) in [5.41, 5.74) is 5.44. The molecule has 2 rings (SSSR count). The topological polar surface area (TPSA) is 85.1 Å². The molecule has 0 saturated heterocycles. The highest BCUT2D eigenvalue weighted by Gasteiger charge is 2.17. The Kier molecular flexibility index (Phi) is 4.26. The van der Waals surface area contributed by atoms with Crippen molar-refractivity contribution in [1.82, 2.24) is 5.16 Å². The first kappa shape index (κ1) is 13.2. The van der Waals surface area contributed by atoms with Gasteiger partial charge in [-0.2, -0.15) is 5.26 Å². The van der Waals surface area contributed by atoms with Crippen LogP contribution >= 0.6 is 12.4 Å². The van der Waals surface area contributed by atoms with Crippen molar-refractivity contribution < 1.29 is 13.7 Å². The summed E-state index contributed by atoms with van der Waals surface area (Å²) >= 11 is 0. The van der Waals surface area contributed by atoms with Crippen molar-refractivity contribution in [1.29, 1.82) is 5.26 Å². The average molecular weight is 258 g/mol. The van der Waals surface area contributed by atoms with Crippen LogP contribution in [0, 0.1) is 17.1 Å². The molecule has 2 N–H and O–H groups in total. The van der Waals surface area contributed by atoms with E-state index in [1.165, 1.54) is 6.07 Å². The standard InChI is InChI=1S/C10H8FN3O2.ClH/c11-7-1-2-8-9(6(7)5-13)10(14-16-8)15-4-3-12;/h1-2H,3-4,12H2;1H. The Hall–Kier alpha value is -1.84. The fourth-order valence-electron chi connectivity index (χ4n) is 1.35. The normalized spacial score (nSPS) is 9.71. The fourth-order valence-corrected chi connectivity index (χ4v) is 1.35. The van der Waals surface area contributed by atoms with Crippen LogP contribution < -0.4 is 10.5 Å². The third-order valence-electron chi connectivity index (χ3n) is 2.03. The second-order valence-corrected chi connectivity index (χ2v) is 3.03. The minimum atomic E-state index is -0.629. The van der Waals surface area contributed by atoms with Gasteiger partial charge in [-0.25, -0.2) is 4.39 Å². The van der Waals surface area contributed by atoms with Gasteiger partial charge in [0.25, 0.3) is 5.88 Å². The van der Waals surface area contributed by atoms with Gasteiger partial charge < -0.3 is 15.0 Å². The van der Waals surface area contributed by atoms with Crippen molar-refractivity contribution in [2.75, 3.05) is 13.2 Å². The first-order valence-corrected chi connectivity index (χ1v) is 4.58. The Labute approximate surface area is 102 Å². The maximum atomic E-state index is 13.3. The molecule has 0 fully saturated rings. The zero-order valence-corrected chi connectivity index (χ0v) is 9.46. The Morgan fingerprint density at radius 3 is 2.94 bits per heavy atom. The van der Waals surface area contributed by atoms with Crippen molar-refractivity contribution in [2.45, 2.75) is 0 Å². The molecular weight excluding hydrogens is 249 g/mol. The number of halogens is 2. The number of benzene rings is 1. The minimum absolute atomic E-state index is 0. The lowest BCUT2D eigenvalue weighted by Crippen LogP contribution is -2.10. The van der Waals surface area contributed by atoms with Crippen LogP contribution in [0.2, 0.25) is 0 Å². The lowest BCUT2D eigenvalue weighted by atomic mass is 10.1. The highest BCUT2D eigenvalue weighted by atomic mass is 35.5. The van der Waals surface area contributed by atoms with E-state index in [4.69, 9.17) is 20.3 Å². The van der Waals surface area contributed by atoms with Gasteiger partial charge in [0.05, 0.1) is 0 Å². The van der Waals surface area contributed by atoms with E-state index in [1.807, 2.05) is 0 Å². The van der Waals surface area contributed by atoms with Gasteiger partial charge in [-0.05, 0) is 17.3 Å². The molecule has 0 unspecified atom stereocenters. The number of hydrogen-bond donors (Lipinski definition) is 1. The fraction of sp³-hybridized carbons (Fsp3) is 0.200. The van der Waals surface area contributed by atoms with E-state index in [-0.39, 0.29) is 35.8 Å². The molecule has 90 valence electrons. The summed E-state index contributed by atoms with van der Waals surface area (Å²) < 4.78 is 23.4. The molecule has 0 atom stereocenters. The third kappa shape index (κ3) is 2.30. The molecule has 5 nitrogen and oxygen atoms in total. The van der Waals surface area contributed by atoms with Crippen molar-refractivity contribution in [3.05, 3.63) is 23.5 Å². The van der Waals surface area contributed by atoms with E-state index in [1.54, 1.807) is 6.07 Å². The van der Waals surface area contributed by atoms with Gasteiger partial charge in [-0.3, -0.25) is 0 Å². The quantitative estimate of drug-likeness (QED) is 0.903. The second-order valence-electron chi connectivity index (χ2n) is 3.03. The molecule has 1 aromatic carbocycles. The van der Waals surface area contributed by atoms with Gasteiger partial charge in [-0.1, -0.05) is 0 Å². The third-order valence-corrected chi connectivity index (χ3v) is 2.03. The molecule has 0 radical (unpaired) electrons. The Morgan fingerprint density at radius 2 is 2.29 bits per heavy atom. The molecule has 0 aliphatic heterocycles. The minimum Gasteiger partial charge on any atom is -0.474 e. The predicted octanol–water partition coefficient (Wildman–Crippen LogP) is 1.60. The highest BCUT2D eigenvalue weighted by molar-refractivity contribution is 5.88. The van der Waals surface area contributed by atoms with Crippen LogP contribution in [0.15, 0.2) is 16.7 Å². The van der Waals surface area contributed by atoms with E-state index < -0.39 is 5.82 Å². The van der Waals surface area contributed by atoms with E-state index in [2.05, 4.69) is 5.16 Å². The lowest BCUT2D eigenvalue weighted by molar-refractivity contribution is 0.293. The Morgan fingerprint density at radius 1 is 1.53 bits per heavy atom. The summed E-state index contributed by atoms with van der Waals surface area (Å²) in [6.45, 7) is 0.522. The van der Waals surface area contributed by atoms with Gasteiger partial charge in [0.1, 0.15) is 29.4 Å². The van der Waals surface area contributed by atoms with Crippen molar-refractivity contribution in [2.24, 2.45) is 5.73 Å². The zero-order valence-electron chi connectivity index (χ0n) is 8.64. The molecule has 0 bridgehead atoms. The van der Waals surface area contributed by atoms with Crippen LogP contribution in [0.25, 0.3) is 11.0 Å². The summed E-state index contributed by atoms with van der Waals surface area (Å²) in [6, 6.07) is 4.30. The maximum Gasteiger partial charge on any atom is 0.263 e. The van der Waals surface area contributed by atoms with Crippen LogP contribution in [-0.2, 0) is 0 Å². The van der Waals surface area contributed by atoms with Gasteiger partial charge >= 0.3 is 0 Å². The van der Waals surface area contributed by atoms with Gasteiger partial charge in [0.15, 0.2) is 5.58 Å².